The summed E-state index contributed by atoms with van der Waals surface area (Å²) in [6.45, 7) is 4.96. The molecule has 182 valence electrons. The SMILES string of the molecule is CC(C)CCNC(=O)C1(c2ccc(NS(=O)(=O)c3cccs3)cc2)CC1.O=C(O)C(F)(F)F. The fourth-order valence-corrected chi connectivity index (χ4v) is 4.95. The van der Waals surface area contributed by atoms with E-state index >= 15 is 0 Å². The number of aliphatic carboxylic acids is 1. The van der Waals surface area contributed by atoms with Gasteiger partial charge in [0.2, 0.25) is 5.91 Å². The van der Waals surface area contributed by atoms with Gasteiger partial charge in [0.1, 0.15) is 4.21 Å². The molecule has 0 atom stereocenters. The fourth-order valence-electron chi connectivity index (χ4n) is 2.89. The molecule has 0 saturated heterocycles. The van der Waals surface area contributed by atoms with E-state index in [0.717, 1.165) is 24.8 Å². The second-order valence-corrected chi connectivity index (χ2v) is 10.8. The smallest absolute Gasteiger partial charge is 0.475 e. The zero-order valence-electron chi connectivity index (χ0n) is 18.0. The molecule has 7 nitrogen and oxygen atoms in total. The lowest BCUT2D eigenvalue weighted by Crippen LogP contribution is -2.35. The summed E-state index contributed by atoms with van der Waals surface area (Å²) >= 11 is 1.18. The van der Waals surface area contributed by atoms with Crippen LogP contribution in [0.4, 0.5) is 18.9 Å². The maximum Gasteiger partial charge on any atom is 0.490 e. The topological polar surface area (TPSA) is 113 Å². The van der Waals surface area contributed by atoms with Crippen molar-refractivity contribution in [1.82, 2.24) is 5.32 Å². The van der Waals surface area contributed by atoms with Crippen molar-refractivity contribution in [2.24, 2.45) is 5.92 Å². The van der Waals surface area contributed by atoms with Crippen LogP contribution in [-0.4, -0.2) is 38.1 Å². The highest BCUT2D eigenvalue weighted by molar-refractivity contribution is 7.94. The summed E-state index contributed by atoms with van der Waals surface area (Å²) in [5, 5.41) is 11.9. The number of nitrogens with one attached hydrogen (secondary N) is 2. The van der Waals surface area contributed by atoms with Crippen LogP contribution in [0.1, 0.15) is 38.7 Å². The van der Waals surface area contributed by atoms with Gasteiger partial charge in [-0.05, 0) is 54.3 Å². The van der Waals surface area contributed by atoms with Gasteiger partial charge in [-0.1, -0.05) is 32.0 Å². The van der Waals surface area contributed by atoms with Crippen LogP contribution in [-0.2, 0) is 25.0 Å². The molecule has 1 saturated carbocycles. The predicted octanol–water partition coefficient (Wildman–Crippen LogP) is 4.38. The van der Waals surface area contributed by atoms with E-state index in [0.29, 0.717) is 18.2 Å². The Morgan fingerprint density at radius 3 is 2.15 bits per heavy atom. The van der Waals surface area contributed by atoms with Crippen molar-refractivity contribution in [3.8, 4) is 0 Å². The molecule has 1 heterocycles. The molecule has 33 heavy (non-hydrogen) atoms. The standard InChI is InChI=1S/C19H24N2O3S2.C2HF3O2/c1-14(2)9-12-20-18(22)19(10-11-19)15-5-7-16(8-6-15)21-26(23,24)17-4-3-13-25-17;3-2(4,5)1(6)7/h3-8,13-14,21H,9-12H2,1-2H3,(H,20,22);(H,6,7). The molecule has 0 spiro atoms. The van der Waals surface area contributed by atoms with Crippen LogP contribution >= 0.6 is 11.3 Å². The third-order valence-electron chi connectivity index (χ3n) is 4.88. The molecular formula is C21H25F3N2O5S2. The van der Waals surface area contributed by atoms with E-state index in [2.05, 4.69) is 23.9 Å². The van der Waals surface area contributed by atoms with Gasteiger partial charge in [0.25, 0.3) is 10.0 Å². The Morgan fingerprint density at radius 2 is 1.73 bits per heavy atom. The first-order chi connectivity index (χ1) is 15.3. The van der Waals surface area contributed by atoms with Gasteiger partial charge in [-0.25, -0.2) is 13.2 Å². The van der Waals surface area contributed by atoms with Gasteiger partial charge in [0.05, 0.1) is 5.41 Å². The molecule has 1 aromatic carbocycles. The molecule has 3 N–H and O–H groups in total. The average molecular weight is 507 g/mol. The lowest BCUT2D eigenvalue weighted by Gasteiger charge is -2.17. The van der Waals surface area contributed by atoms with E-state index in [4.69, 9.17) is 9.90 Å². The number of carboxylic acid groups (broad SMARTS) is 1. The number of benzene rings is 1. The summed E-state index contributed by atoms with van der Waals surface area (Å²) in [6, 6.07) is 10.4. The van der Waals surface area contributed by atoms with Gasteiger partial charge in [0.15, 0.2) is 0 Å². The minimum atomic E-state index is -5.08. The van der Waals surface area contributed by atoms with Crippen molar-refractivity contribution in [2.75, 3.05) is 11.3 Å². The minimum Gasteiger partial charge on any atom is -0.475 e. The number of carbonyl (C=O) groups excluding carboxylic acids is 1. The Kier molecular flexibility index (Phi) is 8.52. The lowest BCUT2D eigenvalue weighted by molar-refractivity contribution is -0.192. The molecule has 1 amide bonds. The normalized spacial score (nSPS) is 14.7. The largest absolute Gasteiger partial charge is 0.490 e. The van der Waals surface area contributed by atoms with E-state index in [-0.39, 0.29) is 10.1 Å². The number of hydrogen-bond acceptors (Lipinski definition) is 5. The van der Waals surface area contributed by atoms with Crippen LogP contribution in [0, 0.1) is 5.92 Å². The van der Waals surface area contributed by atoms with E-state index in [1.807, 2.05) is 12.1 Å². The van der Waals surface area contributed by atoms with Gasteiger partial charge < -0.3 is 10.4 Å². The van der Waals surface area contributed by atoms with Crippen molar-refractivity contribution in [1.29, 1.82) is 0 Å². The highest BCUT2D eigenvalue weighted by atomic mass is 32.2. The van der Waals surface area contributed by atoms with E-state index < -0.39 is 27.6 Å². The first-order valence-electron chi connectivity index (χ1n) is 10.0. The number of sulfonamides is 1. The molecular weight excluding hydrogens is 481 g/mol. The van der Waals surface area contributed by atoms with E-state index in [1.165, 1.54) is 11.3 Å². The number of thiophene rings is 1. The zero-order chi connectivity index (χ0) is 24.9. The quantitative estimate of drug-likeness (QED) is 0.492. The Bertz CT molecular complexity index is 1050. The maximum atomic E-state index is 12.6. The number of halogens is 3. The Labute approximate surface area is 194 Å². The van der Waals surface area contributed by atoms with Crippen LogP contribution in [0.15, 0.2) is 46.0 Å². The molecule has 0 bridgehead atoms. The number of carbonyl (C=O) groups is 2. The van der Waals surface area contributed by atoms with Crippen molar-refractivity contribution in [3.05, 3.63) is 47.3 Å². The van der Waals surface area contributed by atoms with Crippen molar-refractivity contribution in [2.45, 2.75) is 48.9 Å². The predicted molar refractivity (Wildman–Crippen MR) is 119 cm³/mol. The van der Waals surface area contributed by atoms with Crippen LogP contribution in [0.3, 0.4) is 0 Å². The van der Waals surface area contributed by atoms with Crippen molar-refractivity contribution < 1.29 is 36.3 Å². The summed E-state index contributed by atoms with van der Waals surface area (Å²) in [5.74, 6) is -2.13. The van der Waals surface area contributed by atoms with Crippen LogP contribution in [0.5, 0.6) is 0 Å². The van der Waals surface area contributed by atoms with Crippen LogP contribution in [0.2, 0.25) is 0 Å². The molecule has 0 aliphatic heterocycles. The summed E-state index contributed by atoms with van der Waals surface area (Å²) < 4.78 is 59.1. The molecule has 1 aromatic heterocycles. The fraction of sp³-hybridized carbons (Fsp3) is 0.429. The first kappa shape index (κ1) is 26.7. The molecule has 0 radical (unpaired) electrons. The summed E-state index contributed by atoms with van der Waals surface area (Å²) in [6.07, 6.45) is -2.45. The highest BCUT2D eigenvalue weighted by Crippen LogP contribution is 2.48. The average Bonchev–Trinajstić information content (AvgIpc) is 3.32. The summed E-state index contributed by atoms with van der Waals surface area (Å²) in [7, 11) is -3.55. The van der Waals surface area contributed by atoms with E-state index in [9.17, 15) is 26.4 Å². The molecule has 1 aliphatic rings. The van der Waals surface area contributed by atoms with Gasteiger partial charge in [0, 0.05) is 12.2 Å². The van der Waals surface area contributed by atoms with Gasteiger partial charge in [-0.15, -0.1) is 11.3 Å². The minimum absolute atomic E-state index is 0.0741. The summed E-state index contributed by atoms with van der Waals surface area (Å²) in [5.41, 5.74) is 0.999. The van der Waals surface area contributed by atoms with Gasteiger partial charge in [-0.2, -0.15) is 13.2 Å². The zero-order valence-corrected chi connectivity index (χ0v) is 19.6. The lowest BCUT2D eigenvalue weighted by atomic mass is 9.94. The first-order valence-corrected chi connectivity index (χ1v) is 12.4. The molecule has 1 fully saturated rings. The van der Waals surface area contributed by atoms with E-state index in [1.54, 1.807) is 29.6 Å². The van der Waals surface area contributed by atoms with Gasteiger partial charge >= 0.3 is 12.1 Å². The number of carboxylic acids is 1. The van der Waals surface area contributed by atoms with Crippen LogP contribution in [0.25, 0.3) is 0 Å². The molecule has 1 aliphatic carbocycles. The third kappa shape index (κ3) is 7.46. The molecule has 2 aromatic rings. The number of amides is 1. The molecule has 12 heteroatoms. The van der Waals surface area contributed by atoms with Crippen molar-refractivity contribution in [3.63, 3.8) is 0 Å². The number of hydrogen-bond donors (Lipinski definition) is 3. The van der Waals surface area contributed by atoms with Crippen molar-refractivity contribution >= 4 is 38.9 Å². The maximum absolute atomic E-state index is 12.6. The third-order valence-corrected chi connectivity index (χ3v) is 7.66. The number of rotatable bonds is 8. The Hall–Kier alpha value is -2.60. The summed E-state index contributed by atoms with van der Waals surface area (Å²) in [4.78, 5) is 21.5. The monoisotopic (exact) mass is 506 g/mol. The van der Waals surface area contributed by atoms with Crippen LogP contribution < -0.4 is 10.0 Å². The second-order valence-electron chi connectivity index (χ2n) is 7.94. The van der Waals surface area contributed by atoms with Gasteiger partial charge in [-0.3, -0.25) is 9.52 Å². The Morgan fingerprint density at radius 1 is 1.15 bits per heavy atom. The highest BCUT2D eigenvalue weighted by Gasteiger charge is 2.51. The molecule has 3 rings (SSSR count). The number of alkyl halides is 3. The number of anilines is 1. The molecule has 0 unspecified atom stereocenters. The Balaban J connectivity index is 0.000000479. The second kappa shape index (κ2) is 10.6.